The Bertz CT molecular complexity index is 1950. The molecule has 1 aromatic heterocycles. The van der Waals surface area contributed by atoms with E-state index in [1.807, 2.05) is 19.1 Å². The Kier molecular flexibility index (Phi) is 9.97. The van der Waals surface area contributed by atoms with Gasteiger partial charge >= 0.3 is 12.5 Å². The summed E-state index contributed by atoms with van der Waals surface area (Å²) in [6, 6.07) is 11.2. The highest BCUT2D eigenvalue weighted by molar-refractivity contribution is 5.73. The van der Waals surface area contributed by atoms with Gasteiger partial charge in [-0.25, -0.2) is 31.9 Å². The van der Waals surface area contributed by atoms with Crippen LogP contribution < -0.4 is 9.47 Å². The first-order valence-corrected chi connectivity index (χ1v) is 14.3. The van der Waals surface area contributed by atoms with Gasteiger partial charge < -0.3 is 9.47 Å². The molecular formula is C35H22F10N2O2. The van der Waals surface area contributed by atoms with E-state index in [0.29, 0.717) is 34.6 Å². The minimum absolute atomic E-state index is 0.0921. The summed E-state index contributed by atoms with van der Waals surface area (Å²) >= 11 is 0. The van der Waals surface area contributed by atoms with E-state index in [4.69, 9.17) is 0 Å². The van der Waals surface area contributed by atoms with Crippen LogP contribution in [-0.4, -0.2) is 16.3 Å². The number of aromatic nitrogens is 2. The normalized spacial score (nSPS) is 12.1. The maximum atomic E-state index is 15.2. The molecule has 0 radical (unpaired) electrons. The second kappa shape index (κ2) is 14.0. The zero-order chi connectivity index (χ0) is 35.5. The first-order chi connectivity index (χ1) is 23.1. The monoisotopic (exact) mass is 692 g/mol. The third kappa shape index (κ3) is 8.19. The van der Waals surface area contributed by atoms with Crippen molar-refractivity contribution in [2.45, 2.75) is 32.2 Å². The summed E-state index contributed by atoms with van der Waals surface area (Å²) in [5, 5.41) is 0. The molecule has 14 heteroatoms. The van der Waals surface area contributed by atoms with Crippen LogP contribution in [0.5, 0.6) is 11.5 Å². The lowest BCUT2D eigenvalue weighted by Gasteiger charge is -2.21. The molecule has 5 rings (SSSR count). The number of nitrogens with zero attached hydrogens (tertiary/aromatic N) is 2. The molecule has 0 N–H and O–H groups in total. The fourth-order valence-corrected chi connectivity index (χ4v) is 4.80. The summed E-state index contributed by atoms with van der Waals surface area (Å²) in [6.07, 6.45) is -1.30. The topological polar surface area (TPSA) is 44.2 Å². The molecule has 0 aliphatic heterocycles. The van der Waals surface area contributed by atoms with Crippen LogP contribution in [0.15, 0.2) is 91.3 Å². The van der Waals surface area contributed by atoms with Crippen LogP contribution in [0.1, 0.15) is 24.5 Å². The minimum atomic E-state index is -5.51. The van der Waals surface area contributed by atoms with E-state index in [2.05, 4.69) is 19.4 Å². The van der Waals surface area contributed by atoms with Crippen molar-refractivity contribution in [2.75, 3.05) is 0 Å². The van der Waals surface area contributed by atoms with Crippen molar-refractivity contribution in [1.82, 2.24) is 9.97 Å². The maximum Gasteiger partial charge on any atom is 0.573 e. The van der Waals surface area contributed by atoms with Gasteiger partial charge in [0.05, 0.1) is 0 Å². The van der Waals surface area contributed by atoms with E-state index in [9.17, 15) is 39.5 Å². The van der Waals surface area contributed by atoms with Gasteiger partial charge in [-0.05, 0) is 60.2 Å². The Morgan fingerprint density at radius 2 is 1.18 bits per heavy atom. The quantitative estimate of drug-likeness (QED) is 0.108. The molecule has 0 saturated carbocycles. The number of aryl methyl sites for hydroxylation is 1. The zero-order valence-corrected chi connectivity index (χ0v) is 25.1. The van der Waals surface area contributed by atoms with E-state index >= 15 is 4.39 Å². The van der Waals surface area contributed by atoms with E-state index in [0.717, 1.165) is 24.5 Å². The number of hydrogen-bond acceptors (Lipinski definition) is 4. The number of halogens is 10. The van der Waals surface area contributed by atoms with E-state index in [1.54, 1.807) is 36.7 Å². The molecule has 254 valence electrons. The minimum Gasteiger partial charge on any atom is -0.429 e. The molecule has 0 unspecified atom stereocenters. The van der Waals surface area contributed by atoms with Gasteiger partial charge in [-0.15, -0.1) is 13.2 Å². The molecule has 49 heavy (non-hydrogen) atoms. The lowest BCUT2D eigenvalue weighted by Crippen LogP contribution is -2.25. The highest BCUT2D eigenvalue weighted by Gasteiger charge is 2.42. The molecular weight excluding hydrogens is 670 g/mol. The Morgan fingerprint density at radius 1 is 0.633 bits per heavy atom. The molecule has 0 amide bonds. The van der Waals surface area contributed by atoms with Crippen molar-refractivity contribution in [3.05, 3.63) is 131 Å². The first-order valence-electron chi connectivity index (χ1n) is 14.3. The fourth-order valence-electron chi connectivity index (χ4n) is 4.80. The molecule has 0 aliphatic rings. The van der Waals surface area contributed by atoms with Crippen LogP contribution in [0.25, 0.3) is 33.6 Å². The van der Waals surface area contributed by atoms with Crippen molar-refractivity contribution < 1.29 is 53.4 Å². The average molecular weight is 693 g/mol. The number of hydrogen-bond donors (Lipinski definition) is 0. The summed E-state index contributed by atoms with van der Waals surface area (Å²) in [5.41, 5.74) is -0.171. The SMILES string of the molecule is C/C=C/CCc1cnc(-c2ccc(-c3ccc(-c4cc(F)c(C(F)(F)Oc5cc(F)c(OC(F)(F)F)c(F)c5)c(F)c4)c(F)c3)cc2)nc1. The standard InChI is InChI=1S/C35H22F10N2O2/c1-2-3-4-5-19-17-46-33(47-18-19)21-8-6-20(7-9-21)22-10-11-25(26(36)12-22)23-13-27(37)31(28(38)14-23)34(41,42)48-24-15-29(39)32(30(40)16-24)49-35(43,44)45/h2-3,6-18H,4-5H2,1H3/b3-2+. The Balaban J connectivity index is 1.34. The molecule has 0 aliphatic carbocycles. The van der Waals surface area contributed by atoms with Gasteiger partial charge in [-0.2, -0.15) is 8.78 Å². The molecule has 1 heterocycles. The summed E-state index contributed by atoms with van der Waals surface area (Å²) in [4.78, 5) is 8.77. The second-order valence-corrected chi connectivity index (χ2v) is 10.5. The molecule has 4 nitrogen and oxygen atoms in total. The maximum absolute atomic E-state index is 15.2. The lowest BCUT2D eigenvalue weighted by molar-refractivity contribution is -0.276. The number of allylic oxidation sites excluding steroid dienone is 2. The van der Waals surface area contributed by atoms with Gasteiger partial charge in [0.2, 0.25) is 5.75 Å². The molecule has 0 atom stereocenters. The summed E-state index contributed by atoms with van der Waals surface area (Å²) < 4.78 is 147. The van der Waals surface area contributed by atoms with Gasteiger partial charge in [-0.1, -0.05) is 48.6 Å². The Hall–Kier alpha value is -5.40. The van der Waals surface area contributed by atoms with Crippen molar-refractivity contribution in [2.24, 2.45) is 0 Å². The molecule has 0 bridgehead atoms. The zero-order valence-electron chi connectivity index (χ0n) is 25.1. The van der Waals surface area contributed by atoms with Gasteiger partial charge in [0.15, 0.2) is 17.5 Å². The third-order valence-corrected chi connectivity index (χ3v) is 7.07. The molecule has 4 aromatic carbocycles. The largest absolute Gasteiger partial charge is 0.573 e. The second-order valence-electron chi connectivity index (χ2n) is 10.5. The number of rotatable bonds is 10. The number of alkyl halides is 5. The molecule has 0 spiro atoms. The lowest BCUT2D eigenvalue weighted by atomic mass is 9.97. The van der Waals surface area contributed by atoms with Gasteiger partial charge in [-0.3, -0.25) is 0 Å². The van der Waals surface area contributed by atoms with Crippen molar-refractivity contribution >= 4 is 0 Å². The third-order valence-electron chi connectivity index (χ3n) is 7.07. The smallest absolute Gasteiger partial charge is 0.429 e. The van der Waals surface area contributed by atoms with Gasteiger partial charge in [0, 0.05) is 35.7 Å². The number of ether oxygens (including phenoxy) is 2. The highest BCUT2D eigenvalue weighted by atomic mass is 19.4. The Morgan fingerprint density at radius 3 is 1.73 bits per heavy atom. The molecule has 5 aromatic rings. The van der Waals surface area contributed by atoms with Crippen molar-refractivity contribution in [3.63, 3.8) is 0 Å². The van der Waals surface area contributed by atoms with Crippen LogP contribution in [0.4, 0.5) is 43.9 Å². The van der Waals surface area contributed by atoms with Gasteiger partial charge in [0.1, 0.15) is 28.8 Å². The van der Waals surface area contributed by atoms with Crippen LogP contribution >= 0.6 is 0 Å². The molecule has 0 saturated heterocycles. The predicted molar refractivity (Wildman–Crippen MR) is 159 cm³/mol. The fraction of sp³-hybridized carbons (Fsp3) is 0.143. The van der Waals surface area contributed by atoms with Crippen LogP contribution in [-0.2, 0) is 12.5 Å². The van der Waals surface area contributed by atoms with Crippen molar-refractivity contribution in [3.8, 4) is 45.1 Å². The van der Waals surface area contributed by atoms with E-state index in [1.165, 1.54) is 12.1 Å². The van der Waals surface area contributed by atoms with Crippen LogP contribution in [0.3, 0.4) is 0 Å². The van der Waals surface area contributed by atoms with E-state index < -0.39 is 64.2 Å². The molecule has 0 fully saturated rings. The summed E-state index contributed by atoms with van der Waals surface area (Å²) in [7, 11) is 0. The van der Waals surface area contributed by atoms with Gasteiger partial charge in [0.25, 0.3) is 0 Å². The first kappa shape index (κ1) is 34.9. The summed E-state index contributed by atoms with van der Waals surface area (Å²) in [5.74, 6) is -11.8. The van der Waals surface area contributed by atoms with Crippen molar-refractivity contribution in [1.29, 1.82) is 0 Å². The van der Waals surface area contributed by atoms with Crippen LogP contribution in [0.2, 0.25) is 0 Å². The summed E-state index contributed by atoms with van der Waals surface area (Å²) in [6.45, 7) is 1.94. The van der Waals surface area contributed by atoms with E-state index in [-0.39, 0.29) is 17.7 Å². The average Bonchev–Trinajstić information content (AvgIpc) is 3.02. The predicted octanol–water partition coefficient (Wildman–Crippen LogP) is 10.7. The Labute approximate surface area is 272 Å². The van der Waals surface area contributed by atoms with Crippen LogP contribution in [0, 0.1) is 29.1 Å². The number of benzene rings is 4. The highest BCUT2D eigenvalue weighted by Crippen LogP contribution is 2.40.